The second-order valence-electron chi connectivity index (χ2n) is 8.15. The number of rotatable bonds is 2. The van der Waals surface area contributed by atoms with Crippen molar-refractivity contribution in [2.45, 2.75) is 43.9 Å². The summed E-state index contributed by atoms with van der Waals surface area (Å²) in [5.41, 5.74) is -2.17. The van der Waals surface area contributed by atoms with Crippen molar-refractivity contribution in [1.82, 2.24) is 4.90 Å². The van der Waals surface area contributed by atoms with Gasteiger partial charge in [0.1, 0.15) is 0 Å². The lowest BCUT2D eigenvalue weighted by Gasteiger charge is -2.44. The first kappa shape index (κ1) is 17.5. The van der Waals surface area contributed by atoms with E-state index in [-0.39, 0.29) is 17.1 Å². The molecule has 3 aliphatic heterocycles. The summed E-state index contributed by atoms with van der Waals surface area (Å²) in [6, 6.07) is 8.91. The summed E-state index contributed by atoms with van der Waals surface area (Å²) in [4.78, 5) is 54.5. The predicted molar refractivity (Wildman–Crippen MR) is 98.8 cm³/mol. The quantitative estimate of drug-likeness (QED) is 0.734. The monoisotopic (exact) mass is 379 g/mol. The fourth-order valence-corrected chi connectivity index (χ4v) is 5.61. The van der Waals surface area contributed by atoms with E-state index < -0.39 is 34.9 Å². The van der Waals surface area contributed by atoms with E-state index in [1.165, 1.54) is 13.0 Å². The van der Waals surface area contributed by atoms with Crippen LogP contribution < -0.4 is 0 Å². The van der Waals surface area contributed by atoms with Gasteiger partial charge in [0.05, 0.1) is 11.8 Å². The zero-order valence-electron chi connectivity index (χ0n) is 15.6. The van der Waals surface area contributed by atoms with Gasteiger partial charge in [-0.3, -0.25) is 19.2 Å². The molecule has 1 amide bonds. The Labute approximate surface area is 162 Å². The highest BCUT2D eigenvalue weighted by atomic mass is 16.6. The van der Waals surface area contributed by atoms with Crippen LogP contribution in [0.1, 0.15) is 38.2 Å². The Bertz CT molecular complexity index is 951. The highest BCUT2D eigenvalue weighted by molar-refractivity contribution is 6.33. The molecular weight excluding hydrogens is 358 g/mol. The molecule has 0 radical (unpaired) electrons. The van der Waals surface area contributed by atoms with Gasteiger partial charge in [0, 0.05) is 12.1 Å². The molecule has 1 aromatic rings. The highest BCUT2D eigenvalue weighted by Crippen LogP contribution is 2.61. The smallest absolute Gasteiger partial charge is 0.265 e. The summed E-state index contributed by atoms with van der Waals surface area (Å²) in [5, 5.41) is 0. The van der Waals surface area contributed by atoms with Crippen molar-refractivity contribution < 1.29 is 23.9 Å². The van der Waals surface area contributed by atoms with Crippen LogP contribution in [-0.4, -0.2) is 46.0 Å². The minimum absolute atomic E-state index is 0.231. The van der Waals surface area contributed by atoms with Crippen molar-refractivity contribution in [1.29, 1.82) is 0 Å². The van der Waals surface area contributed by atoms with Crippen LogP contribution in [0.4, 0.5) is 0 Å². The molecule has 1 spiro atoms. The van der Waals surface area contributed by atoms with Gasteiger partial charge in [-0.15, -0.1) is 0 Å². The number of carbonyl (C=O) groups is 4. The molecule has 6 heteroatoms. The maximum Gasteiger partial charge on any atom is 0.265 e. The Kier molecular flexibility index (Phi) is 3.56. The molecule has 3 heterocycles. The number of hydrogen-bond acceptors (Lipinski definition) is 5. The Morgan fingerprint density at radius 1 is 1.07 bits per heavy atom. The van der Waals surface area contributed by atoms with E-state index in [4.69, 9.17) is 4.74 Å². The third-order valence-corrected chi connectivity index (χ3v) is 6.78. The van der Waals surface area contributed by atoms with Crippen LogP contribution in [0, 0.1) is 11.8 Å². The Morgan fingerprint density at radius 3 is 2.54 bits per heavy atom. The summed E-state index contributed by atoms with van der Waals surface area (Å²) in [5.74, 6) is -3.41. The third-order valence-electron chi connectivity index (χ3n) is 6.78. The van der Waals surface area contributed by atoms with E-state index in [0.29, 0.717) is 18.5 Å². The second kappa shape index (κ2) is 5.70. The van der Waals surface area contributed by atoms with E-state index in [1.54, 1.807) is 29.2 Å². The number of ether oxygens (including phenoxy) is 1. The van der Waals surface area contributed by atoms with Crippen molar-refractivity contribution in [3.63, 3.8) is 0 Å². The van der Waals surface area contributed by atoms with E-state index in [2.05, 4.69) is 0 Å². The maximum absolute atomic E-state index is 13.5. The Balaban J connectivity index is 1.72. The number of hydrogen-bond donors (Lipinski definition) is 0. The van der Waals surface area contributed by atoms with Crippen molar-refractivity contribution in [2.24, 2.45) is 11.8 Å². The predicted octanol–water partition coefficient (Wildman–Crippen LogP) is 1.92. The molecule has 3 saturated heterocycles. The molecule has 6 nitrogen and oxygen atoms in total. The van der Waals surface area contributed by atoms with Gasteiger partial charge < -0.3 is 9.64 Å². The second-order valence-corrected chi connectivity index (χ2v) is 8.15. The average molecular weight is 379 g/mol. The summed E-state index contributed by atoms with van der Waals surface area (Å²) in [7, 11) is 0. The molecule has 1 aliphatic carbocycles. The van der Waals surface area contributed by atoms with E-state index >= 15 is 0 Å². The number of fused-ring (bicyclic) bond motifs is 3. The normalized spacial score (nSPS) is 36.7. The number of amides is 1. The maximum atomic E-state index is 13.5. The molecular formula is C22H21NO5. The summed E-state index contributed by atoms with van der Waals surface area (Å²) in [6.45, 7) is 1.74. The number of piperidine rings is 1. The molecule has 4 atom stereocenters. The molecule has 3 fully saturated rings. The number of carbonyl (C=O) groups excluding carboxylic acids is 4. The van der Waals surface area contributed by atoms with E-state index in [9.17, 15) is 19.2 Å². The Hall–Kier alpha value is -2.60. The van der Waals surface area contributed by atoms with Crippen LogP contribution >= 0.6 is 0 Å². The molecule has 5 rings (SSSR count). The molecule has 144 valence electrons. The van der Waals surface area contributed by atoms with Gasteiger partial charge in [-0.25, -0.2) is 0 Å². The highest BCUT2D eigenvalue weighted by Gasteiger charge is 2.80. The SMILES string of the molecule is CC(=O)C12OC3(CCCCCN3C1=O)[C@@H]1C(=O)C=C(c3ccccc3)C(=O)[C@@H]12. The minimum Gasteiger partial charge on any atom is -0.330 e. The average Bonchev–Trinajstić information content (AvgIpc) is 3.02. The number of allylic oxidation sites excluding steroid dienone is 2. The zero-order valence-corrected chi connectivity index (χ0v) is 15.6. The van der Waals surface area contributed by atoms with Crippen molar-refractivity contribution in [3.8, 4) is 0 Å². The van der Waals surface area contributed by atoms with Gasteiger partial charge in [-0.2, -0.15) is 0 Å². The lowest BCUT2D eigenvalue weighted by Crippen LogP contribution is -2.65. The molecule has 28 heavy (non-hydrogen) atoms. The first-order chi connectivity index (χ1) is 13.4. The zero-order chi connectivity index (χ0) is 19.7. The van der Waals surface area contributed by atoms with Gasteiger partial charge >= 0.3 is 0 Å². The summed E-state index contributed by atoms with van der Waals surface area (Å²) in [6.07, 6.45) is 4.38. The first-order valence-corrected chi connectivity index (χ1v) is 9.82. The lowest BCUT2D eigenvalue weighted by atomic mass is 9.63. The first-order valence-electron chi connectivity index (χ1n) is 9.82. The van der Waals surface area contributed by atoms with Crippen LogP contribution in [0.5, 0.6) is 0 Å². The topological polar surface area (TPSA) is 80.8 Å². The minimum atomic E-state index is -1.87. The Morgan fingerprint density at radius 2 is 1.82 bits per heavy atom. The van der Waals surface area contributed by atoms with Gasteiger partial charge in [0.25, 0.3) is 5.91 Å². The third kappa shape index (κ3) is 1.91. The number of nitrogens with zero attached hydrogens (tertiary/aromatic N) is 1. The van der Waals surface area contributed by atoms with Gasteiger partial charge in [-0.05, 0) is 37.8 Å². The number of ketones is 3. The molecule has 2 unspecified atom stereocenters. The van der Waals surface area contributed by atoms with Crippen molar-refractivity contribution >= 4 is 28.8 Å². The molecule has 1 aromatic carbocycles. The van der Waals surface area contributed by atoms with Crippen molar-refractivity contribution in [2.75, 3.05) is 6.54 Å². The lowest BCUT2D eigenvalue weighted by molar-refractivity contribution is -0.155. The van der Waals surface area contributed by atoms with Crippen molar-refractivity contribution in [3.05, 3.63) is 42.0 Å². The van der Waals surface area contributed by atoms with Crippen LogP contribution in [0.2, 0.25) is 0 Å². The standard InChI is InChI=1S/C22H21NO5/c1-13(24)22-18-17(21(28-22)10-6-3-7-11-23(21)20(22)27)16(25)12-15(19(18)26)14-8-4-2-5-9-14/h2,4-5,8-9,12,17-18H,3,6-7,10-11H2,1H3/t17-,18-,21?,22?/m1/s1. The van der Waals surface area contributed by atoms with Crippen LogP contribution in [0.25, 0.3) is 5.57 Å². The largest absolute Gasteiger partial charge is 0.330 e. The molecule has 0 N–H and O–H groups in total. The molecule has 0 aromatic heterocycles. The molecule has 2 bridgehead atoms. The fourth-order valence-electron chi connectivity index (χ4n) is 5.61. The van der Waals surface area contributed by atoms with Gasteiger partial charge in [0.2, 0.25) is 5.60 Å². The van der Waals surface area contributed by atoms with Gasteiger partial charge in [-0.1, -0.05) is 36.8 Å². The van der Waals surface area contributed by atoms with E-state index in [1.807, 2.05) is 6.07 Å². The van der Waals surface area contributed by atoms with Crippen LogP contribution in [0.3, 0.4) is 0 Å². The van der Waals surface area contributed by atoms with E-state index in [0.717, 1.165) is 19.3 Å². The summed E-state index contributed by atoms with van der Waals surface area (Å²) < 4.78 is 6.23. The number of benzene rings is 1. The number of Topliss-reactive ketones (excluding diaryl/α,β-unsaturated/α-hetero) is 2. The molecule has 4 aliphatic rings. The van der Waals surface area contributed by atoms with Crippen LogP contribution in [0.15, 0.2) is 36.4 Å². The fraction of sp³-hybridized carbons (Fsp3) is 0.455. The molecule has 0 saturated carbocycles. The summed E-state index contributed by atoms with van der Waals surface area (Å²) >= 11 is 0. The van der Waals surface area contributed by atoms with Crippen LogP contribution in [-0.2, 0) is 23.9 Å². The van der Waals surface area contributed by atoms with Gasteiger partial charge in [0.15, 0.2) is 23.1 Å².